The second-order valence-corrected chi connectivity index (χ2v) is 7.06. The summed E-state index contributed by atoms with van der Waals surface area (Å²) in [5.41, 5.74) is 8.42. The first-order valence-electron chi connectivity index (χ1n) is 9.18. The van der Waals surface area contributed by atoms with E-state index in [1.807, 2.05) is 41.2 Å². The molecule has 29 heavy (non-hydrogen) atoms. The SMILES string of the molecule is I.NC(=NCc1ccc(-n2ccnc2)nc1)N1CCN(c2ccc(Cl)cc2)CC1. The topological polar surface area (TPSA) is 75.6 Å². The van der Waals surface area contributed by atoms with Crippen LogP contribution in [0.2, 0.25) is 5.02 Å². The molecule has 2 aromatic heterocycles. The van der Waals surface area contributed by atoms with E-state index in [0.29, 0.717) is 12.5 Å². The van der Waals surface area contributed by atoms with Gasteiger partial charge in [0.2, 0.25) is 0 Å². The van der Waals surface area contributed by atoms with Crippen molar-refractivity contribution in [2.24, 2.45) is 10.7 Å². The van der Waals surface area contributed by atoms with Gasteiger partial charge in [-0.1, -0.05) is 17.7 Å². The van der Waals surface area contributed by atoms with Crippen LogP contribution >= 0.6 is 35.6 Å². The van der Waals surface area contributed by atoms with Crippen molar-refractivity contribution in [3.8, 4) is 5.82 Å². The van der Waals surface area contributed by atoms with Crippen LogP contribution in [0.4, 0.5) is 5.69 Å². The number of pyridine rings is 1. The highest BCUT2D eigenvalue weighted by Gasteiger charge is 2.18. The summed E-state index contributed by atoms with van der Waals surface area (Å²) >= 11 is 5.97. The molecule has 3 aromatic rings. The lowest BCUT2D eigenvalue weighted by atomic mass is 10.2. The molecular formula is C20H23ClIN7. The second kappa shape index (κ2) is 9.93. The normalized spacial score (nSPS) is 14.6. The minimum atomic E-state index is 0. The van der Waals surface area contributed by atoms with Crippen molar-refractivity contribution in [1.29, 1.82) is 0 Å². The van der Waals surface area contributed by atoms with E-state index >= 15 is 0 Å². The van der Waals surface area contributed by atoms with Crippen LogP contribution in [0.1, 0.15) is 5.56 Å². The maximum absolute atomic E-state index is 6.21. The van der Waals surface area contributed by atoms with Crippen LogP contribution in [-0.2, 0) is 6.54 Å². The van der Waals surface area contributed by atoms with Gasteiger partial charge in [0, 0.05) is 55.5 Å². The number of halogens is 2. The summed E-state index contributed by atoms with van der Waals surface area (Å²) in [7, 11) is 0. The van der Waals surface area contributed by atoms with E-state index < -0.39 is 0 Å². The van der Waals surface area contributed by atoms with Crippen molar-refractivity contribution in [1.82, 2.24) is 19.4 Å². The Morgan fingerprint density at radius 2 is 1.83 bits per heavy atom. The number of benzene rings is 1. The molecule has 1 aliphatic rings. The van der Waals surface area contributed by atoms with Gasteiger partial charge in [0.1, 0.15) is 12.1 Å². The van der Waals surface area contributed by atoms with Crippen molar-refractivity contribution in [3.05, 3.63) is 71.9 Å². The Morgan fingerprint density at radius 1 is 1.07 bits per heavy atom. The predicted octanol–water partition coefficient (Wildman–Crippen LogP) is 3.18. The number of hydrogen-bond donors (Lipinski definition) is 1. The number of rotatable bonds is 4. The van der Waals surface area contributed by atoms with Crippen LogP contribution in [0.3, 0.4) is 0 Å². The van der Waals surface area contributed by atoms with Gasteiger partial charge in [0.05, 0.1) is 6.54 Å². The van der Waals surface area contributed by atoms with Crippen molar-refractivity contribution >= 4 is 47.2 Å². The van der Waals surface area contributed by atoms with Gasteiger partial charge in [-0.25, -0.2) is 15.0 Å². The fourth-order valence-corrected chi connectivity index (χ4v) is 3.30. The Bertz CT molecular complexity index is 918. The second-order valence-electron chi connectivity index (χ2n) is 6.62. The largest absolute Gasteiger partial charge is 0.370 e. The number of imidazole rings is 1. The highest BCUT2D eigenvalue weighted by atomic mass is 127. The highest BCUT2D eigenvalue weighted by Crippen LogP contribution is 2.19. The Hall–Kier alpha value is -2.33. The first-order valence-corrected chi connectivity index (χ1v) is 9.55. The zero-order chi connectivity index (χ0) is 19.3. The monoisotopic (exact) mass is 523 g/mol. The lowest BCUT2D eigenvalue weighted by Crippen LogP contribution is -2.51. The van der Waals surface area contributed by atoms with Gasteiger partial charge in [-0.05, 0) is 35.9 Å². The summed E-state index contributed by atoms with van der Waals surface area (Å²) in [5.74, 6) is 1.41. The van der Waals surface area contributed by atoms with E-state index in [1.54, 1.807) is 12.5 Å². The maximum Gasteiger partial charge on any atom is 0.191 e. The third kappa shape index (κ3) is 5.39. The Morgan fingerprint density at radius 3 is 2.45 bits per heavy atom. The molecule has 7 nitrogen and oxygen atoms in total. The zero-order valence-electron chi connectivity index (χ0n) is 15.9. The summed E-state index contributed by atoms with van der Waals surface area (Å²) in [6, 6.07) is 11.9. The van der Waals surface area contributed by atoms with Crippen molar-refractivity contribution in [2.75, 3.05) is 31.1 Å². The van der Waals surface area contributed by atoms with E-state index in [1.165, 1.54) is 5.69 Å². The molecule has 4 rings (SSSR count). The molecule has 1 saturated heterocycles. The first kappa shape index (κ1) is 21.4. The lowest BCUT2D eigenvalue weighted by molar-refractivity contribution is 0.380. The third-order valence-corrected chi connectivity index (χ3v) is 5.05. The summed E-state index contributed by atoms with van der Waals surface area (Å²) in [5, 5.41) is 0.756. The van der Waals surface area contributed by atoms with Crippen LogP contribution < -0.4 is 10.6 Å². The number of nitrogens with two attached hydrogens (primary N) is 1. The molecule has 0 spiro atoms. The maximum atomic E-state index is 6.21. The van der Waals surface area contributed by atoms with Crippen molar-refractivity contribution in [3.63, 3.8) is 0 Å². The fraction of sp³-hybridized carbons (Fsp3) is 0.250. The molecule has 152 valence electrons. The smallest absolute Gasteiger partial charge is 0.191 e. The van der Waals surface area contributed by atoms with Gasteiger partial charge in [-0.2, -0.15) is 0 Å². The predicted molar refractivity (Wildman–Crippen MR) is 127 cm³/mol. The minimum Gasteiger partial charge on any atom is -0.370 e. The fourth-order valence-electron chi connectivity index (χ4n) is 3.18. The molecule has 0 atom stereocenters. The molecular weight excluding hydrogens is 501 g/mol. The van der Waals surface area contributed by atoms with Crippen LogP contribution in [-0.4, -0.2) is 51.6 Å². The van der Waals surface area contributed by atoms with Gasteiger partial charge >= 0.3 is 0 Å². The summed E-state index contributed by atoms with van der Waals surface area (Å²) in [6.45, 7) is 4.00. The standard InChI is InChI=1S/C20H22ClN7.HI/c21-17-2-4-18(5-3-17)26-9-11-27(12-10-26)20(22)25-14-16-1-6-19(24-13-16)28-8-7-23-15-28;/h1-8,13,15H,9-12,14H2,(H2,22,25);1H. The first-order chi connectivity index (χ1) is 13.7. The van der Waals surface area contributed by atoms with Gasteiger partial charge in [0.25, 0.3) is 0 Å². The molecule has 1 aromatic carbocycles. The van der Waals surface area contributed by atoms with E-state index in [4.69, 9.17) is 17.3 Å². The van der Waals surface area contributed by atoms with Crippen LogP contribution in [0.15, 0.2) is 66.3 Å². The number of guanidine groups is 1. The molecule has 3 heterocycles. The molecule has 0 saturated carbocycles. The molecule has 2 N–H and O–H groups in total. The molecule has 0 amide bonds. The Kier molecular flexibility index (Phi) is 7.32. The third-order valence-electron chi connectivity index (χ3n) is 4.80. The van der Waals surface area contributed by atoms with E-state index in [-0.39, 0.29) is 24.0 Å². The number of aliphatic imine (C=N–C) groups is 1. The molecule has 0 unspecified atom stereocenters. The van der Waals surface area contributed by atoms with Crippen molar-refractivity contribution in [2.45, 2.75) is 6.54 Å². The number of aromatic nitrogens is 3. The molecule has 1 aliphatic heterocycles. The molecule has 0 aliphatic carbocycles. The Balaban J connectivity index is 0.00000240. The quantitative estimate of drug-likeness (QED) is 0.323. The number of piperazine rings is 1. The number of anilines is 1. The summed E-state index contributed by atoms with van der Waals surface area (Å²) in [6.07, 6.45) is 7.14. The van der Waals surface area contributed by atoms with Crippen LogP contribution in [0.25, 0.3) is 5.82 Å². The molecule has 9 heteroatoms. The average molecular weight is 524 g/mol. The van der Waals surface area contributed by atoms with Crippen molar-refractivity contribution < 1.29 is 0 Å². The van der Waals surface area contributed by atoms with Gasteiger partial charge in [-0.15, -0.1) is 24.0 Å². The molecule has 1 fully saturated rings. The van der Waals surface area contributed by atoms with E-state index in [0.717, 1.165) is 42.6 Å². The minimum absolute atomic E-state index is 0. The lowest BCUT2D eigenvalue weighted by Gasteiger charge is -2.36. The van der Waals surface area contributed by atoms with E-state index in [2.05, 4.69) is 36.9 Å². The Labute approximate surface area is 192 Å². The molecule has 0 radical (unpaired) electrons. The number of hydrogen-bond acceptors (Lipinski definition) is 4. The number of nitrogens with zero attached hydrogens (tertiary/aromatic N) is 6. The van der Waals surface area contributed by atoms with Gasteiger partial charge < -0.3 is 15.5 Å². The van der Waals surface area contributed by atoms with Crippen LogP contribution in [0, 0.1) is 0 Å². The van der Waals surface area contributed by atoms with Gasteiger partial charge in [0.15, 0.2) is 5.96 Å². The zero-order valence-corrected chi connectivity index (χ0v) is 18.9. The average Bonchev–Trinajstić information content (AvgIpc) is 3.28. The molecule has 0 bridgehead atoms. The summed E-state index contributed by atoms with van der Waals surface area (Å²) < 4.78 is 1.86. The summed E-state index contributed by atoms with van der Waals surface area (Å²) in [4.78, 5) is 17.5. The van der Waals surface area contributed by atoms with Gasteiger partial charge in [-0.3, -0.25) is 4.57 Å². The highest BCUT2D eigenvalue weighted by molar-refractivity contribution is 14.0. The van der Waals surface area contributed by atoms with Crippen LogP contribution in [0.5, 0.6) is 0 Å². The van der Waals surface area contributed by atoms with E-state index in [9.17, 15) is 0 Å².